The van der Waals surface area contributed by atoms with Gasteiger partial charge in [-0.15, -0.1) is 0 Å². The van der Waals surface area contributed by atoms with Crippen molar-refractivity contribution >= 4 is 46.1 Å². The van der Waals surface area contributed by atoms with Crippen LogP contribution in [0.25, 0.3) is 16.5 Å². The fraction of sp³-hybridized carbons (Fsp3) is 0.192. The number of allylic oxidation sites excluding steroid dienone is 1. The van der Waals surface area contributed by atoms with Crippen molar-refractivity contribution < 1.29 is 14.6 Å². The van der Waals surface area contributed by atoms with Crippen molar-refractivity contribution in [3.8, 4) is 11.6 Å². The number of aromatic amines is 1. The van der Waals surface area contributed by atoms with Crippen molar-refractivity contribution in [1.82, 2.24) is 9.88 Å². The summed E-state index contributed by atoms with van der Waals surface area (Å²) in [6.07, 6.45) is 7.41. The van der Waals surface area contributed by atoms with Crippen molar-refractivity contribution in [2.24, 2.45) is 4.99 Å². The number of H-pyrrole nitrogens is 1. The van der Waals surface area contributed by atoms with Gasteiger partial charge in [-0.3, -0.25) is 0 Å². The van der Waals surface area contributed by atoms with E-state index in [1.165, 1.54) is 17.9 Å². The summed E-state index contributed by atoms with van der Waals surface area (Å²) in [5.74, 6) is 0.879. The van der Waals surface area contributed by atoms with Crippen LogP contribution in [0.15, 0.2) is 59.7 Å². The van der Waals surface area contributed by atoms with E-state index in [1.807, 2.05) is 25.1 Å². The smallest absolute Gasteiger partial charge is 0.336 e. The van der Waals surface area contributed by atoms with Gasteiger partial charge in [-0.05, 0) is 67.3 Å². The SMILES string of the molecule is CC(=N/C=C\C=N)N1CC=C(c2cc3cc(Oc4ccc(C)c(C(=O)O)c4)[nH]c3cc2Cl)CC1. The largest absolute Gasteiger partial charge is 0.478 e. The predicted molar refractivity (Wildman–Crippen MR) is 137 cm³/mol. The van der Waals surface area contributed by atoms with Gasteiger partial charge in [0.15, 0.2) is 5.88 Å². The van der Waals surface area contributed by atoms with Crippen LogP contribution < -0.4 is 4.74 Å². The molecule has 34 heavy (non-hydrogen) atoms. The van der Waals surface area contributed by atoms with E-state index in [9.17, 15) is 9.90 Å². The van der Waals surface area contributed by atoms with Crippen LogP contribution in [0.4, 0.5) is 0 Å². The van der Waals surface area contributed by atoms with E-state index in [4.69, 9.17) is 21.7 Å². The molecule has 0 saturated heterocycles. The number of aliphatic imine (C=N–C) groups is 1. The molecule has 3 N–H and O–H groups in total. The van der Waals surface area contributed by atoms with E-state index in [0.29, 0.717) is 22.2 Å². The number of carbonyl (C=O) groups is 1. The zero-order valence-electron chi connectivity index (χ0n) is 18.9. The first-order chi connectivity index (χ1) is 16.4. The molecule has 174 valence electrons. The van der Waals surface area contributed by atoms with E-state index < -0.39 is 5.97 Å². The van der Waals surface area contributed by atoms with Crippen LogP contribution in [0, 0.1) is 12.3 Å². The summed E-state index contributed by atoms with van der Waals surface area (Å²) in [6.45, 7) is 5.27. The van der Waals surface area contributed by atoms with Crippen LogP contribution in [0.5, 0.6) is 11.6 Å². The molecular weight excluding hydrogens is 452 g/mol. The number of aryl methyl sites for hydroxylation is 1. The Kier molecular flexibility index (Phi) is 6.84. The standard InChI is InChI=1S/C26H25ClN4O3/c1-16-4-5-20(14-21(16)26(32)33)34-25-13-19-12-22(23(27)15-24(19)30-25)18-6-10-31(11-7-18)17(2)29-9-3-8-28/h3-6,8-9,12-15,28,30H,7,10-11H2,1-2H3,(H,32,33)/b9-3-,28-8?,29-17?. The lowest BCUT2D eigenvalue weighted by atomic mass is 9.98. The highest BCUT2D eigenvalue weighted by Gasteiger charge is 2.17. The quantitative estimate of drug-likeness (QED) is 0.287. The summed E-state index contributed by atoms with van der Waals surface area (Å²) < 4.78 is 5.90. The lowest BCUT2D eigenvalue weighted by Crippen LogP contribution is -2.32. The third kappa shape index (κ3) is 5.05. The fourth-order valence-corrected chi connectivity index (χ4v) is 4.22. The minimum absolute atomic E-state index is 0.211. The van der Waals surface area contributed by atoms with Crippen molar-refractivity contribution in [3.63, 3.8) is 0 Å². The minimum Gasteiger partial charge on any atom is -0.478 e. The predicted octanol–water partition coefficient (Wildman–Crippen LogP) is 6.29. The second kappa shape index (κ2) is 9.97. The van der Waals surface area contributed by atoms with Crippen LogP contribution >= 0.6 is 11.6 Å². The monoisotopic (exact) mass is 476 g/mol. The number of aromatic nitrogens is 1. The van der Waals surface area contributed by atoms with E-state index >= 15 is 0 Å². The third-order valence-corrected chi connectivity index (χ3v) is 6.12. The molecule has 0 saturated carbocycles. The number of hydrogen-bond donors (Lipinski definition) is 3. The van der Waals surface area contributed by atoms with E-state index in [2.05, 4.69) is 21.0 Å². The van der Waals surface area contributed by atoms with E-state index in [-0.39, 0.29) is 5.56 Å². The summed E-state index contributed by atoms with van der Waals surface area (Å²) >= 11 is 6.63. The zero-order valence-corrected chi connectivity index (χ0v) is 19.7. The second-order valence-electron chi connectivity index (χ2n) is 8.05. The number of ether oxygens (including phenoxy) is 1. The van der Waals surface area contributed by atoms with Crippen LogP contribution in [-0.2, 0) is 0 Å². The Balaban J connectivity index is 1.55. The summed E-state index contributed by atoms with van der Waals surface area (Å²) in [5.41, 5.74) is 3.90. The maximum Gasteiger partial charge on any atom is 0.336 e. The summed E-state index contributed by atoms with van der Waals surface area (Å²) in [4.78, 5) is 21.1. The highest BCUT2D eigenvalue weighted by Crippen LogP contribution is 2.35. The Morgan fingerprint density at radius 2 is 2.12 bits per heavy atom. The number of carboxylic acids is 1. The molecule has 0 radical (unpaired) electrons. The molecule has 2 aromatic carbocycles. The number of halogens is 1. The normalized spacial score (nSPS) is 14.5. The molecule has 2 heterocycles. The Morgan fingerprint density at radius 3 is 2.82 bits per heavy atom. The molecule has 0 fully saturated rings. The van der Waals surface area contributed by atoms with Gasteiger partial charge in [0.05, 0.1) is 10.6 Å². The molecule has 0 bridgehead atoms. The van der Waals surface area contributed by atoms with Gasteiger partial charge in [0, 0.05) is 42.5 Å². The number of aromatic carboxylic acids is 1. The van der Waals surface area contributed by atoms with Gasteiger partial charge in [-0.2, -0.15) is 0 Å². The maximum absolute atomic E-state index is 11.4. The van der Waals surface area contributed by atoms with Gasteiger partial charge < -0.3 is 25.1 Å². The number of nitrogens with one attached hydrogen (secondary N) is 2. The van der Waals surface area contributed by atoms with Crippen molar-refractivity contribution in [2.75, 3.05) is 13.1 Å². The lowest BCUT2D eigenvalue weighted by Gasteiger charge is -2.28. The molecule has 0 amide bonds. The average molecular weight is 477 g/mol. The second-order valence-corrected chi connectivity index (χ2v) is 8.45. The first-order valence-electron chi connectivity index (χ1n) is 10.8. The molecule has 8 heteroatoms. The minimum atomic E-state index is -0.986. The Bertz CT molecular complexity index is 1350. The number of fused-ring (bicyclic) bond motifs is 1. The number of amidine groups is 1. The first-order valence-corrected chi connectivity index (χ1v) is 11.2. The van der Waals surface area contributed by atoms with Gasteiger partial charge in [0.1, 0.15) is 11.6 Å². The van der Waals surface area contributed by atoms with E-state index in [1.54, 1.807) is 31.3 Å². The molecule has 1 aromatic heterocycles. The topological polar surface area (TPSA) is 102 Å². The van der Waals surface area contributed by atoms with Crippen molar-refractivity contribution in [3.05, 3.63) is 76.5 Å². The van der Waals surface area contributed by atoms with Crippen LogP contribution in [-0.4, -0.2) is 46.1 Å². The van der Waals surface area contributed by atoms with Crippen molar-refractivity contribution in [2.45, 2.75) is 20.3 Å². The van der Waals surface area contributed by atoms with E-state index in [0.717, 1.165) is 41.8 Å². The number of rotatable bonds is 6. The average Bonchev–Trinajstić information content (AvgIpc) is 3.20. The zero-order chi connectivity index (χ0) is 24.2. The molecule has 0 aliphatic carbocycles. The van der Waals surface area contributed by atoms with Crippen molar-refractivity contribution in [1.29, 1.82) is 5.41 Å². The number of benzene rings is 2. The summed E-state index contributed by atoms with van der Waals surface area (Å²) in [6, 6.07) is 10.8. The van der Waals surface area contributed by atoms with Crippen LogP contribution in [0.2, 0.25) is 5.02 Å². The molecule has 4 rings (SSSR count). The number of carboxylic acid groups (broad SMARTS) is 1. The highest BCUT2D eigenvalue weighted by molar-refractivity contribution is 6.33. The number of nitrogens with zero attached hydrogens (tertiary/aromatic N) is 2. The summed E-state index contributed by atoms with van der Waals surface area (Å²) in [5, 5.41) is 18.0. The molecule has 0 unspecified atom stereocenters. The third-order valence-electron chi connectivity index (χ3n) is 5.81. The molecule has 0 atom stereocenters. The Labute approximate surface area is 202 Å². The molecule has 3 aromatic rings. The lowest BCUT2D eigenvalue weighted by molar-refractivity contribution is 0.0695. The van der Waals surface area contributed by atoms with Crippen LogP contribution in [0.1, 0.15) is 34.8 Å². The molecule has 0 spiro atoms. The van der Waals surface area contributed by atoms with Gasteiger partial charge in [0.2, 0.25) is 0 Å². The number of hydrogen-bond acceptors (Lipinski definition) is 4. The maximum atomic E-state index is 11.4. The highest BCUT2D eigenvalue weighted by atomic mass is 35.5. The Hall–Kier alpha value is -3.84. The van der Waals surface area contributed by atoms with Gasteiger partial charge in [-0.25, -0.2) is 9.79 Å². The molecule has 7 nitrogen and oxygen atoms in total. The van der Waals surface area contributed by atoms with Gasteiger partial charge >= 0.3 is 5.97 Å². The summed E-state index contributed by atoms with van der Waals surface area (Å²) in [7, 11) is 0. The molecule has 1 aliphatic heterocycles. The molecular formula is C26H25ClN4O3. The Morgan fingerprint density at radius 1 is 1.29 bits per heavy atom. The van der Waals surface area contributed by atoms with Gasteiger partial charge in [0.25, 0.3) is 0 Å². The fourth-order valence-electron chi connectivity index (χ4n) is 3.93. The van der Waals surface area contributed by atoms with Gasteiger partial charge in [-0.1, -0.05) is 23.7 Å². The van der Waals surface area contributed by atoms with Crippen LogP contribution in [0.3, 0.4) is 0 Å². The molecule has 1 aliphatic rings. The first kappa shape index (κ1) is 23.3.